The van der Waals surface area contributed by atoms with Crippen LogP contribution in [0.3, 0.4) is 0 Å². The maximum atomic E-state index is 14.1. The Kier molecular flexibility index (Phi) is 5.84. The van der Waals surface area contributed by atoms with Crippen LogP contribution in [0.2, 0.25) is 0 Å². The highest BCUT2D eigenvalue weighted by atomic mass is 16.1. The van der Waals surface area contributed by atoms with Crippen LogP contribution in [0.5, 0.6) is 0 Å². The van der Waals surface area contributed by atoms with E-state index in [0.717, 1.165) is 63.0 Å². The second kappa shape index (κ2) is 9.41. The quantitative estimate of drug-likeness (QED) is 0.283. The van der Waals surface area contributed by atoms with Crippen molar-refractivity contribution in [2.24, 2.45) is 0 Å². The van der Waals surface area contributed by atoms with Crippen molar-refractivity contribution in [1.29, 1.82) is 0 Å². The first-order chi connectivity index (χ1) is 19.0. The maximum absolute atomic E-state index is 14.1. The van der Waals surface area contributed by atoms with Gasteiger partial charge in [-0.1, -0.05) is 74.5 Å². The van der Waals surface area contributed by atoms with E-state index in [-0.39, 0.29) is 11.2 Å². The Bertz CT molecular complexity index is 1440. The fourth-order valence-electron chi connectivity index (χ4n) is 7.05. The van der Waals surface area contributed by atoms with Crippen molar-refractivity contribution in [1.82, 2.24) is 0 Å². The molecule has 0 saturated carbocycles. The lowest BCUT2D eigenvalue weighted by molar-refractivity contribution is 0.103. The summed E-state index contributed by atoms with van der Waals surface area (Å²) in [4.78, 5) is 19.1. The van der Waals surface area contributed by atoms with Gasteiger partial charge in [-0.3, -0.25) is 4.79 Å². The summed E-state index contributed by atoms with van der Waals surface area (Å²) in [6.45, 7) is 8.52. The third-order valence-corrected chi connectivity index (χ3v) is 9.14. The average Bonchev–Trinajstić information content (AvgIpc) is 2.96. The first-order valence-corrected chi connectivity index (χ1v) is 14.5. The van der Waals surface area contributed by atoms with E-state index < -0.39 is 0 Å². The van der Waals surface area contributed by atoms with Crippen molar-refractivity contribution in [3.8, 4) is 0 Å². The molecular formula is C36H36N2O. The van der Waals surface area contributed by atoms with Crippen molar-refractivity contribution in [2.75, 3.05) is 22.9 Å². The average molecular weight is 513 g/mol. The molecule has 2 heterocycles. The van der Waals surface area contributed by atoms with Gasteiger partial charge in [-0.15, -0.1) is 0 Å². The number of ketones is 1. The lowest BCUT2D eigenvalue weighted by atomic mass is 9.67. The molecule has 2 aliphatic heterocycles. The molecule has 0 fully saturated rings. The molecule has 0 amide bonds. The highest BCUT2D eigenvalue weighted by Crippen LogP contribution is 2.47. The first-order valence-electron chi connectivity index (χ1n) is 14.5. The van der Waals surface area contributed by atoms with Gasteiger partial charge in [0.05, 0.1) is 0 Å². The smallest absolute Gasteiger partial charge is 0.193 e. The van der Waals surface area contributed by atoms with Crippen molar-refractivity contribution < 1.29 is 4.79 Å². The SMILES string of the molecule is CC1(C)c2cc3c(cc2C(=O)c2cc4c(cc21)N(Cc1ccccc1)CCC4)CCCN3Cc1ccccc1. The van der Waals surface area contributed by atoms with Gasteiger partial charge < -0.3 is 9.80 Å². The van der Waals surface area contributed by atoms with Crippen molar-refractivity contribution >= 4 is 17.2 Å². The highest BCUT2D eigenvalue weighted by Gasteiger charge is 2.39. The lowest BCUT2D eigenvalue weighted by Crippen LogP contribution is -2.35. The topological polar surface area (TPSA) is 23.6 Å². The van der Waals surface area contributed by atoms with Crippen LogP contribution in [-0.2, 0) is 31.3 Å². The Morgan fingerprint density at radius 2 is 1.08 bits per heavy atom. The third-order valence-electron chi connectivity index (χ3n) is 9.14. The summed E-state index contributed by atoms with van der Waals surface area (Å²) >= 11 is 0. The Labute approximate surface area is 232 Å². The molecule has 0 atom stereocenters. The monoisotopic (exact) mass is 512 g/mol. The van der Waals surface area contributed by atoms with Gasteiger partial charge in [0.1, 0.15) is 0 Å². The minimum Gasteiger partial charge on any atom is -0.367 e. The molecule has 0 saturated heterocycles. The van der Waals surface area contributed by atoms with Crippen LogP contribution in [0.25, 0.3) is 0 Å². The molecule has 0 spiro atoms. The number of carbonyl (C=O) groups excluding carboxylic acids is 1. The van der Waals surface area contributed by atoms with Crippen LogP contribution < -0.4 is 9.80 Å². The number of fused-ring (bicyclic) bond motifs is 4. The predicted octanol–water partition coefficient (Wildman–Crippen LogP) is 7.46. The zero-order valence-corrected chi connectivity index (χ0v) is 23.0. The van der Waals surface area contributed by atoms with Crippen LogP contribution in [0.4, 0.5) is 11.4 Å². The van der Waals surface area contributed by atoms with Crippen LogP contribution in [0.1, 0.15) is 76.0 Å². The number of benzene rings is 4. The van der Waals surface area contributed by atoms with Gasteiger partial charge in [0.15, 0.2) is 5.78 Å². The van der Waals surface area contributed by atoms with Crippen molar-refractivity contribution in [2.45, 2.75) is 58.0 Å². The van der Waals surface area contributed by atoms with Crippen molar-refractivity contribution in [3.05, 3.63) is 129 Å². The number of nitrogens with zero attached hydrogens (tertiary/aromatic N) is 2. The molecule has 0 bridgehead atoms. The number of anilines is 2. The summed E-state index contributed by atoms with van der Waals surface area (Å²) in [7, 11) is 0. The largest absolute Gasteiger partial charge is 0.367 e. The molecule has 4 aromatic rings. The van der Waals surface area contributed by atoms with Gasteiger partial charge in [-0.05, 0) is 83.3 Å². The predicted molar refractivity (Wildman–Crippen MR) is 160 cm³/mol. The van der Waals surface area contributed by atoms with E-state index in [0.29, 0.717) is 0 Å². The van der Waals surface area contributed by atoms with Crippen LogP contribution in [0, 0.1) is 0 Å². The third kappa shape index (κ3) is 4.16. The summed E-state index contributed by atoms with van der Waals surface area (Å²) < 4.78 is 0. The first kappa shape index (κ1) is 24.2. The summed E-state index contributed by atoms with van der Waals surface area (Å²) in [5.41, 5.74) is 11.8. The zero-order valence-electron chi connectivity index (χ0n) is 23.0. The Morgan fingerprint density at radius 3 is 1.51 bits per heavy atom. The van der Waals surface area contributed by atoms with Crippen LogP contribution >= 0.6 is 0 Å². The molecule has 0 radical (unpaired) electrons. The molecule has 1 aliphatic carbocycles. The lowest BCUT2D eigenvalue weighted by Gasteiger charge is -2.40. The van der Waals surface area contributed by atoms with Crippen LogP contribution in [-0.4, -0.2) is 18.9 Å². The second-order valence-corrected chi connectivity index (χ2v) is 12.0. The van der Waals surface area contributed by atoms with E-state index in [9.17, 15) is 4.79 Å². The van der Waals surface area contributed by atoms with Gasteiger partial charge in [-0.25, -0.2) is 0 Å². The fraction of sp³-hybridized carbons (Fsp3) is 0.306. The number of rotatable bonds is 4. The summed E-state index contributed by atoms with van der Waals surface area (Å²) in [6.07, 6.45) is 4.31. The molecular weight excluding hydrogens is 476 g/mol. The zero-order chi connectivity index (χ0) is 26.6. The Hall–Kier alpha value is -3.85. The fourth-order valence-corrected chi connectivity index (χ4v) is 7.05. The van der Waals surface area contributed by atoms with Crippen LogP contribution in [0.15, 0.2) is 84.9 Å². The highest BCUT2D eigenvalue weighted by molar-refractivity contribution is 6.14. The molecule has 3 aliphatic rings. The number of aryl methyl sites for hydroxylation is 2. The molecule has 196 valence electrons. The molecule has 7 rings (SSSR count). The normalized spacial score (nSPS) is 17.2. The molecule has 4 aromatic carbocycles. The molecule has 0 unspecified atom stereocenters. The number of hydrogen-bond acceptors (Lipinski definition) is 3. The van der Waals surface area contributed by atoms with Crippen molar-refractivity contribution in [3.63, 3.8) is 0 Å². The van der Waals surface area contributed by atoms with Gasteiger partial charge in [0.2, 0.25) is 0 Å². The Balaban J connectivity index is 1.30. The minimum atomic E-state index is -0.256. The summed E-state index contributed by atoms with van der Waals surface area (Å²) in [6, 6.07) is 30.6. The standard InChI is InChI=1S/C36H36N2O/c1-36(2)31-21-33-27(15-9-17-37(33)23-25-11-5-3-6-12-25)19-29(31)35(39)30-20-28-16-10-18-38(34(28)22-32(30)36)24-26-13-7-4-8-14-26/h3-8,11-14,19-22H,9-10,15-18,23-24H2,1-2H3. The van der Waals surface area contributed by atoms with Gasteiger partial charge in [0, 0.05) is 54.1 Å². The molecule has 3 heteroatoms. The van der Waals surface area contributed by atoms with Gasteiger partial charge >= 0.3 is 0 Å². The van der Waals surface area contributed by atoms with E-state index in [1.165, 1.54) is 44.8 Å². The van der Waals surface area contributed by atoms with E-state index in [1.807, 2.05) is 0 Å². The second-order valence-electron chi connectivity index (χ2n) is 12.0. The summed E-state index contributed by atoms with van der Waals surface area (Å²) in [5.74, 6) is 0.199. The number of carbonyl (C=O) groups is 1. The van der Waals surface area contributed by atoms with E-state index in [1.54, 1.807) is 0 Å². The number of hydrogen-bond donors (Lipinski definition) is 0. The van der Waals surface area contributed by atoms with E-state index in [2.05, 4.69) is 109 Å². The maximum Gasteiger partial charge on any atom is 0.193 e. The molecule has 0 N–H and O–H groups in total. The van der Waals surface area contributed by atoms with E-state index in [4.69, 9.17) is 0 Å². The molecule has 0 aromatic heterocycles. The van der Waals surface area contributed by atoms with E-state index >= 15 is 0 Å². The molecule has 3 nitrogen and oxygen atoms in total. The minimum absolute atomic E-state index is 0.199. The van der Waals surface area contributed by atoms with Gasteiger partial charge in [0.25, 0.3) is 0 Å². The van der Waals surface area contributed by atoms with Gasteiger partial charge in [-0.2, -0.15) is 0 Å². The molecule has 39 heavy (non-hydrogen) atoms. The Morgan fingerprint density at radius 1 is 0.641 bits per heavy atom. The summed E-state index contributed by atoms with van der Waals surface area (Å²) in [5, 5.41) is 0.